The van der Waals surface area contributed by atoms with E-state index in [9.17, 15) is 4.79 Å². The van der Waals surface area contributed by atoms with Crippen molar-refractivity contribution in [3.05, 3.63) is 35.9 Å². The Morgan fingerprint density at radius 3 is 2.88 bits per heavy atom. The largest absolute Gasteiger partial charge is 0.375 e. The molecule has 1 fully saturated rings. The molecule has 17 heavy (non-hydrogen) atoms. The fraction of sp³-hybridized carbons (Fsp3) is 0.462. The Bertz CT molecular complexity index is 367. The molecule has 0 spiro atoms. The third kappa shape index (κ3) is 3.84. The van der Waals surface area contributed by atoms with Gasteiger partial charge in [0.1, 0.15) is 0 Å². The number of nitrogens with two attached hydrogens (primary N) is 1. The molecule has 1 aromatic rings. The van der Waals surface area contributed by atoms with Crippen LogP contribution in [0.4, 0.5) is 0 Å². The van der Waals surface area contributed by atoms with Crippen LogP contribution >= 0.6 is 0 Å². The van der Waals surface area contributed by atoms with Crippen molar-refractivity contribution < 1.29 is 9.53 Å². The average Bonchev–Trinajstić information content (AvgIpc) is 2.30. The van der Waals surface area contributed by atoms with Gasteiger partial charge in [0.15, 0.2) is 0 Å². The summed E-state index contributed by atoms with van der Waals surface area (Å²) in [6, 6.07) is 10.3. The maximum atomic E-state index is 10.9. The van der Waals surface area contributed by atoms with Gasteiger partial charge in [-0.2, -0.15) is 0 Å². The SMILES string of the molecule is NC(=O)CC1CN(Cc2ccccc2)CCO1. The van der Waals surface area contributed by atoms with Crippen molar-refractivity contribution in [3.8, 4) is 0 Å². The number of ether oxygens (including phenoxy) is 1. The Balaban J connectivity index is 1.87. The highest BCUT2D eigenvalue weighted by molar-refractivity contribution is 5.74. The van der Waals surface area contributed by atoms with Gasteiger partial charge >= 0.3 is 0 Å². The third-order valence-electron chi connectivity index (χ3n) is 2.90. The predicted molar refractivity (Wildman–Crippen MR) is 65.3 cm³/mol. The second kappa shape index (κ2) is 5.80. The summed E-state index contributed by atoms with van der Waals surface area (Å²) in [6.45, 7) is 3.26. The number of primary amides is 1. The minimum Gasteiger partial charge on any atom is -0.375 e. The topological polar surface area (TPSA) is 55.6 Å². The summed E-state index contributed by atoms with van der Waals surface area (Å²) in [5.74, 6) is -0.295. The zero-order chi connectivity index (χ0) is 12.1. The number of benzene rings is 1. The second-order valence-corrected chi connectivity index (χ2v) is 4.38. The van der Waals surface area contributed by atoms with Crippen LogP contribution in [0.2, 0.25) is 0 Å². The van der Waals surface area contributed by atoms with Crippen molar-refractivity contribution in [2.75, 3.05) is 19.7 Å². The van der Waals surface area contributed by atoms with Crippen LogP contribution in [0.1, 0.15) is 12.0 Å². The van der Waals surface area contributed by atoms with Gasteiger partial charge in [-0.1, -0.05) is 30.3 Å². The fourth-order valence-corrected chi connectivity index (χ4v) is 2.11. The summed E-state index contributed by atoms with van der Waals surface area (Å²) in [7, 11) is 0. The number of carbonyl (C=O) groups is 1. The van der Waals surface area contributed by atoms with E-state index in [0.717, 1.165) is 19.6 Å². The minimum absolute atomic E-state index is 0.0510. The number of amides is 1. The van der Waals surface area contributed by atoms with Crippen LogP contribution < -0.4 is 5.73 Å². The predicted octanol–water partition coefficient (Wildman–Crippen LogP) is 0.763. The van der Waals surface area contributed by atoms with Crippen molar-refractivity contribution in [3.63, 3.8) is 0 Å². The number of morpholine rings is 1. The highest BCUT2D eigenvalue weighted by atomic mass is 16.5. The van der Waals surface area contributed by atoms with Gasteiger partial charge in [-0.25, -0.2) is 0 Å². The lowest BCUT2D eigenvalue weighted by Crippen LogP contribution is -2.43. The molecule has 0 saturated carbocycles. The smallest absolute Gasteiger partial charge is 0.220 e. The van der Waals surface area contributed by atoms with E-state index in [2.05, 4.69) is 17.0 Å². The molecule has 1 aliphatic heterocycles. The van der Waals surface area contributed by atoms with Crippen molar-refractivity contribution in [1.82, 2.24) is 4.90 Å². The van der Waals surface area contributed by atoms with E-state index in [1.807, 2.05) is 18.2 Å². The van der Waals surface area contributed by atoms with E-state index in [0.29, 0.717) is 13.0 Å². The van der Waals surface area contributed by atoms with Crippen molar-refractivity contribution in [2.24, 2.45) is 5.73 Å². The minimum atomic E-state index is -0.295. The van der Waals surface area contributed by atoms with Gasteiger partial charge in [-0.15, -0.1) is 0 Å². The molecule has 92 valence electrons. The molecule has 1 unspecified atom stereocenters. The monoisotopic (exact) mass is 234 g/mol. The summed E-state index contributed by atoms with van der Waals surface area (Å²) < 4.78 is 5.51. The van der Waals surface area contributed by atoms with E-state index < -0.39 is 0 Å². The number of rotatable bonds is 4. The molecular weight excluding hydrogens is 216 g/mol. The standard InChI is InChI=1S/C13H18N2O2/c14-13(16)8-12-10-15(6-7-17-12)9-11-4-2-1-3-5-11/h1-5,12H,6-10H2,(H2,14,16). The third-order valence-corrected chi connectivity index (χ3v) is 2.90. The molecule has 0 radical (unpaired) electrons. The van der Waals surface area contributed by atoms with Crippen LogP contribution in [0.25, 0.3) is 0 Å². The van der Waals surface area contributed by atoms with Gasteiger partial charge in [-0.05, 0) is 5.56 Å². The van der Waals surface area contributed by atoms with Gasteiger partial charge in [0.25, 0.3) is 0 Å². The van der Waals surface area contributed by atoms with Crippen LogP contribution in [0.15, 0.2) is 30.3 Å². The molecule has 0 bridgehead atoms. The number of hydrogen-bond donors (Lipinski definition) is 1. The Morgan fingerprint density at radius 2 is 2.18 bits per heavy atom. The number of carbonyl (C=O) groups excluding carboxylic acids is 1. The average molecular weight is 234 g/mol. The quantitative estimate of drug-likeness (QED) is 0.837. The molecule has 4 nitrogen and oxygen atoms in total. The molecule has 1 heterocycles. The fourth-order valence-electron chi connectivity index (χ4n) is 2.11. The van der Waals surface area contributed by atoms with Crippen LogP contribution in [-0.2, 0) is 16.1 Å². The van der Waals surface area contributed by atoms with Gasteiger partial charge in [-0.3, -0.25) is 9.69 Å². The number of nitrogens with zero attached hydrogens (tertiary/aromatic N) is 1. The summed E-state index contributed by atoms with van der Waals surface area (Å²) in [6.07, 6.45) is 0.260. The van der Waals surface area contributed by atoms with E-state index in [1.54, 1.807) is 0 Å². The maximum Gasteiger partial charge on any atom is 0.220 e. The molecule has 0 aromatic heterocycles. The van der Waals surface area contributed by atoms with Gasteiger partial charge in [0.2, 0.25) is 5.91 Å². The Labute approximate surface area is 101 Å². The highest BCUT2D eigenvalue weighted by Gasteiger charge is 2.21. The summed E-state index contributed by atoms with van der Waals surface area (Å²) in [5.41, 5.74) is 6.47. The first-order valence-electron chi connectivity index (χ1n) is 5.90. The van der Waals surface area contributed by atoms with Gasteiger partial charge in [0, 0.05) is 19.6 Å². The molecule has 2 rings (SSSR count). The lowest BCUT2D eigenvalue weighted by atomic mass is 10.1. The van der Waals surface area contributed by atoms with Crippen LogP contribution in [0, 0.1) is 0 Å². The summed E-state index contributed by atoms with van der Waals surface area (Å²) >= 11 is 0. The van der Waals surface area contributed by atoms with Crippen molar-refractivity contribution in [1.29, 1.82) is 0 Å². The van der Waals surface area contributed by atoms with E-state index >= 15 is 0 Å². The summed E-state index contributed by atoms with van der Waals surface area (Å²) in [4.78, 5) is 13.2. The highest BCUT2D eigenvalue weighted by Crippen LogP contribution is 2.12. The number of hydrogen-bond acceptors (Lipinski definition) is 3. The van der Waals surface area contributed by atoms with E-state index in [1.165, 1.54) is 5.56 Å². The maximum absolute atomic E-state index is 10.9. The lowest BCUT2D eigenvalue weighted by Gasteiger charge is -2.32. The van der Waals surface area contributed by atoms with Crippen molar-refractivity contribution >= 4 is 5.91 Å². The first-order chi connectivity index (χ1) is 8.24. The zero-order valence-electron chi connectivity index (χ0n) is 9.84. The Hall–Kier alpha value is -1.39. The first kappa shape index (κ1) is 12.1. The molecule has 1 saturated heterocycles. The first-order valence-corrected chi connectivity index (χ1v) is 5.90. The molecular formula is C13H18N2O2. The molecule has 1 amide bonds. The van der Waals surface area contributed by atoms with Crippen molar-refractivity contribution in [2.45, 2.75) is 19.1 Å². The Morgan fingerprint density at radius 1 is 1.41 bits per heavy atom. The Kier molecular flexibility index (Phi) is 4.12. The van der Waals surface area contributed by atoms with E-state index in [4.69, 9.17) is 10.5 Å². The van der Waals surface area contributed by atoms with Crippen LogP contribution in [0.5, 0.6) is 0 Å². The van der Waals surface area contributed by atoms with Gasteiger partial charge < -0.3 is 10.5 Å². The van der Waals surface area contributed by atoms with E-state index in [-0.39, 0.29) is 12.0 Å². The normalized spacial score (nSPS) is 21.3. The molecule has 1 aliphatic rings. The molecule has 0 aliphatic carbocycles. The van der Waals surface area contributed by atoms with Crippen LogP contribution in [0.3, 0.4) is 0 Å². The molecule has 1 atom stereocenters. The summed E-state index contributed by atoms with van der Waals surface area (Å²) in [5, 5.41) is 0. The molecule has 4 heteroatoms. The molecule has 1 aromatic carbocycles. The van der Waals surface area contributed by atoms with Crippen LogP contribution in [-0.4, -0.2) is 36.6 Å². The van der Waals surface area contributed by atoms with Gasteiger partial charge in [0.05, 0.1) is 19.1 Å². The second-order valence-electron chi connectivity index (χ2n) is 4.38. The molecule has 2 N–H and O–H groups in total. The zero-order valence-corrected chi connectivity index (χ0v) is 9.84. The lowest BCUT2D eigenvalue weighted by molar-refractivity contribution is -0.123.